The van der Waals surface area contributed by atoms with Gasteiger partial charge < -0.3 is 14.2 Å². The topological polar surface area (TPSA) is 81.0 Å². The monoisotopic (exact) mass is 381 g/mol. The summed E-state index contributed by atoms with van der Waals surface area (Å²) in [5, 5.41) is 4.41. The number of H-pyrrole nitrogens is 1. The van der Waals surface area contributed by atoms with Crippen LogP contribution in [0.5, 0.6) is 0 Å². The number of hydrogen-bond acceptors (Lipinski definition) is 5. The maximum atomic E-state index is 11.8. The van der Waals surface area contributed by atoms with Gasteiger partial charge in [0.1, 0.15) is 5.69 Å². The number of nitrogens with one attached hydrogen (secondary N) is 1. The predicted octanol–water partition coefficient (Wildman–Crippen LogP) is 3.84. The SMILES string of the molecule is O=C(OCc1nc(-c2cccc(Cl)c2)no1)c1cc(Br)c[nH]1. The van der Waals surface area contributed by atoms with Crippen LogP contribution in [0.1, 0.15) is 16.4 Å². The third-order valence-electron chi connectivity index (χ3n) is 2.75. The van der Waals surface area contributed by atoms with E-state index in [1.54, 1.807) is 30.5 Å². The highest BCUT2D eigenvalue weighted by Gasteiger charge is 2.13. The zero-order valence-corrected chi connectivity index (χ0v) is 13.4. The molecule has 0 saturated heterocycles. The van der Waals surface area contributed by atoms with Crippen LogP contribution in [0, 0.1) is 0 Å². The highest BCUT2D eigenvalue weighted by atomic mass is 79.9. The highest BCUT2D eigenvalue weighted by molar-refractivity contribution is 9.10. The molecule has 0 spiro atoms. The van der Waals surface area contributed by atoms with E-state index in [0.717, 1.165) is 10.0 Å². The molecule has 0 aliphatic carbocycles. The Bertz CT molecular complexity index is 815. The Morgan fingerprint density at radius 1 is 1.41 bits per heavy atom. The second-order valence-corrected chi connectivity index (χ2v) is 5.68. The van der Waals surface area contributed by atoms with E-state index >= 15 is 0 Å². The molecule has 0 radical (unpaired) electrons. The largest absolute Gasteiger partial charge is 0.451 e. The van der Waals surface area contributed by atoms with Crippen molar-refractivity contribution in [1.82, 2.24) is 15.1 Å². The number of ether oxygens (including phenoxy) is 1. The van der Waals surface area contributed by atoms with Crippen molar-refractivity contribution in [3.05, 3.63) is 57.6 Å². The normalized spacial score (nSPS) is 10.6. The zero-order chi connectivity index (χ0) is 15.5. The molecular formula is C14H9BrClN3O3. The number of hydrogen-bond donors (Lipinski definition) is 1. The number of benzene rings is 1. The molecule has 0 unspecified atom stereocenters. The third kappa shape index (κ3) is 3.37. The molecule has 0 atom stereocenters. The fourth-order valence-corrected chi connectivity index (χ4v) is 2.28. The van der Waals surface area contributed by atoms with Gasteiger partial charge >= 0.3 is 5.97 Å². The molecule has 0 fully saturated rings. The summed E-state index contributed by atoms with van der Waals surface area (Å²) in [5.41, 5.74) is 1.06. The van der Waals surface area contributed by atoms with Crippen molar-refractivity contribution in [2.75, 3.05) is 0 Å². The number of esters is 1. The summed E-state index contributed by atoms with van der Waals surface area (Å²) < 4.78 is 10.9. The summed E-state index contributed by atoms with van der Waals surface area (Å²) in [4.78, 5) is 18.7. The summed E-state index contributed by atoms with van der Waals surface area (Å²) >= 11 is 9.15. The highest BCUT2D eigenvalue weighted by Crippen LogP contribution is 2.20. The zero-order valence-electron chi connectivity index (χ0n) is 11.0. The van der Waals surface area contributed by atoms with Gasteiger partial charge in [0, 0.05) is 21.3 Å². The van der Waals surface area contributed by atoms with Gasteiger partial charge in [-0.3, -0.25) is 0 Å². The Morgan fingerprint density at radius 2 is 2.27 bits per heavy atom. The second-order valence-electron chi connectivity index (χ2n) is 4.33. The lowest BCUT2D eigenvalue weighted by atomic mass is 10.2. The van der Waals surface area contributed by atoms with Gasteiger partial charge in [0.15, 0.2) is 6.61 Å². The first-order valence-corrected chi connectivity index (χ1v) is 7.38. The molecule has 1 aromatic carbocycles. The van der Waals surface area contributed by atoms with Gasteiger partial charge in [-0.1, -0.05) is 28.9 Å². The first-order chi connectivity index (χ1) is 10.6. The molecule has 0 aliphatic rings. The Morgan fingerprint density at radius 3 is 3.00 bits per heavy atom. The van der Waals surface area contributed by atoms with Crippen LogP contribution in [0.2, 0.25) is 5.02 Å². The van der Waals surface area contributed by atoms with E-state index in [0.29, 0.717) is 16.5 Å². The first-order valence-electron chi connectivity index (χ1n) is 6.21. The molecule has 8 heteroatoms. The molecule has 112 valence electrons. The molecule has 2 heterocycles. The standard InChI is InChI=1S/C14H9BrClN3O3/c15-9-5-11(17-6-9)14(20)21-7-12-18-13(19-22-12)8-2-1-3-10(16)4-8/h1-6,17H,7H2. The Labute approximate surface area is 138 Å². The van der Waals surface area contributed by atoms with Crippen LogP contribution in [-0.4, -0.2) is 21.1 Å². The van der Waals surface area contributed by atoms with E-state index in [-0.39, 0.29) is 12.5 Å². The van der Waals surface area contributed by atoms with E-state index in [9.17, 15) is 4.79 Å². The van der Waals surface area contributed by atoms with Crippen molar-refractivity contribution in [3.63, 3.8) is 0 Å². The van der Waals surface area contributed by atoms with Gasteiger partial charge in [0.05, 0.1) is 0 Å². The van der Waals surface area contributed by atoms with E-state index < -0.39 is 5.97 Å². The number of aromatic nitrogens is 3. The molecular weight excluding hydrogens is 374 g/mol. The number of carbonyl (C=O) groups excluding carboxylic acids is 1. The lowest BCUT2D eigenvalue weighted by Gasteiger charge is -1.98. The second kappa shape index (κ2) is 6.33. The van der Waals surface area contributed by atoms with Crippen LogP contribution in [0.25, 0.3) is 11.4 Å². The van der Waals surface area contributed by atoms with Crippen molar-refractivity contribution in [3.8, 4) is 11.4 Å². The lowest BCUT2D eigenvalue weighted by molar-refractivity contribution is 0.0423. The lowest BCUT2D eigenvalue weighted by Crippen LogP contribution is -2.05. The van der Waals surface area contributed by atoms with Gasteiger partial charge in [-0.05, 0) is 34.1 Å². The number of carbonyl (C=O) groups is 1. The molecule has 3 rings (SSSR count). The molecule has 2 aromatic heterocycles. The van der Waals surface area contributed by atoms with Crippen molar-refractivity contribution in [1.29, 1.82) is 0 Å². The predicted molar refractivity (Wildman–Crippen MR) is 82.4 cm³/mol. The fourth-order valence-electron chi connectivity index (χ4n) is 1.75. The maximum absolute atomic E-state index is 11.8. The van der Waals surface area contributed by atoms with Crippen LogP contribution in [-0.2, 0) is 11.3 Å². The Balaban J connectivity index is 1.66. The molecule has 0 aliphatic heterocycles. The minimum Gasteiger partial charge on any atom is -0.451 e. The number of nitrogens with zero attached hydrogens (tertiary/aromatic N) is 2. The average molecular weight is 383 g/mol. The van der Waals surface area contributed by atoms with Crippen LogP contribution < -0.4 is 0 Å². The van der Waals surface area contributed by atoms with E-state index in [2.05, 4.69) is 31.1 Å². The van der Waals surface area contributed by atoms with E-state index in [4.69, 9.17) is 20.9 Å². The van der Waals surface area contributed by atoms with Gasteiger partial charge in [0.25, 0.3) is 5.89 Å². The van der Waals surface area contributed by atoms with E-state index in [1.165, 1.54) is 0 Å². The molecule has 3 aromatic rings. The summed E-state index contributed by atoms with van der Waals surface area (Å²) in [5.74, 6) is 0.0818. The Kier molecular flexibility index (Phi) is 4.26. The van der Waals surface area contributed by atoms with Crippen molar-refractivity contribution >= 4 is 33.5 Å². The van der Waals surface area contributed by atoms with Crippen LogP contribution in [0.4, 0.5) is 0 Å². The molecule has 22 heavy (non-hydrogen) atoms. The molecule has 0 saturated carbocycles. The summed E-state index contributed by atoms with van der Waals surface area (Å²) in [7, 11) is 0. The van der Waals surface area contributed by atoms with Crippen LogP contribution in [0.3, 0.4) is 0 Å². The van der Waals surface area contributed by atoms with Gasteiger partial charge in [-0.2, -0.15) is 4.98 Å². The molecule has 1 N–H and O–H groups in total. The summed E-state index contributed by atoms with van der Waals surface area (Å²) in [6.45, 7) is -0.108. The van der Waals surface area contributed by atoms with Gasteiger partial charge in [-0.25, -0.2) is 4.79 Å². The van der Waals surface area contributed by atoms with Crippen LogP contribution in [0.15, 0.2) is 45.5 Å². The van der Waals surface area contributed by atoms with E-state index in [1.807, 2.05) is 6.07 Å². The summed E-state index contributed by atoms with van der Waals surface area (Å²) in [6, 6.07) is 8.69. The fraction of sp³-hybridized carbons (Fsp3) is 0.0714. The van der Waals surface area contributed by atoms with Crippen molar-refractivity contribution in [2.24, 2.45) is 0 Å². The quantitative estimate of drug-likeness (QED) is 0.693. The van der Waals surface area contributed by atoms with Gasteiger partial charge in [0.2, 0.25) is 5.82 Å². The van der Waals surface area contributed by atoms with Gasteiger partial charge in [-0.15, -0.1) is 0 Å². The minimum atomic E-state index is -0.506. The molecule has 0 bridgehead atoms. The number of halogens is 2. The smallest absolute Gasteiger partial charge is 0.355 e. The average Bonchev–Trinajstić information content (AvgIpc) is 3.14. The first kappa shape index (κ1) is 14.8. The van der Waals surface area contributed by atoms with Crippen LogP contribution >= 0.6 is 27.5 Å². The minimum absolute atomic E-state index is 0.108. The number of aromatic amines is 1. The maximum Gasteiger partial charge on any atom is 0.355 e. The van der Waals surface area contributed by atoms with Crippen molar-refractivity contribution < 1.29 is 14.1 Å². The third-order valence-corrected chi connectivity index (χ3v) is 3.44. The number of rotatable bonds is 4. The molecule has 6 nitrogen and oxygen atoms in total. The summed E-state index contributed by atoms with van der Waals surface area (Å²) in [6.07, 6.45) is 1.64. The Hall–Kier alpha value is -2.12. The van der Waals surface area contributed by atoms with Crippen molar-refractivity contribution in [2.45, 2.75) is 6.61 Å². The molecule has 0 amide bonds.